The molecule has 4 atom stereocenters. The van der Waals surface area contributed by atoms with Crippen molar-refractivity contribution in [1.82, 2.24) is 9.97 Å². The summed E-state index contributed by atoms with van der Waals surface area (Å²) < 4.78 is 0. The number of aliphatic hydroxyl groups excluding tert-OH is 1. The highest BCUT2D eigenvalue weighted by atomic mass is 32.2. The second-order valence-corrected chi connectivity index (χ2v) is 5.44. The minimum atomic E-state index is -0.118. The van der Waals surface area contributed by atoms with Gasteiger partial charge in [0.2, 0.25) is 5.95 Å². The van der Waals surface area contributed by atoms with Gasteiger partial charge in [-0.1, -0.05) is 0 Å². The molecule has 0 spiro atoms. The molecular formula is C11H15N3OS. The Morgan fingerprint density at radius 1 is 1.31 bits per heavy atom. The van der Waals surface area contributed by atoms with E-state index in [4.69, 9.17) is 0 Å². The normalized spacial score (nSPS) is 35.9. The molecule has 3 rings (SSSR count). The van der Waals surface area contributed by atoms with Gasteiger partial charge in [0.25, 0.3) is 0 Å². The van der Waals surface area contributed by atoms with Crippen LogP contribution < -0.4 is 5.32 Å². The van der Waals surface area contributed by atoms with Gasteiger partial charge in [0.1, 0.15) is 0 Å². The maximum Gasteiger partial charge on any atom is 0.222 e. The molecule has 2 aliphatic rings. The fourth-order valence-electron chi connectivity index (χ4n) is 2.58. The number of aromatic nitrogens is 2. The van der Waals surface area contributed by atoms with Gasteiger partial charge in [-0.2, -0.15) is 0 Å². The number of hydrogen-bond donors (Lipinski definition) is 2. The van der Waals surface area contributed by atoms with E-state index in [0.717, 1.165) is 17.7 Å². The summed E-state index contributed by atoms with van der Waals surface area (Å²) in [4.78, 5) is 9.60. The van der Waals surface area contributed by atoms with E-state index in [-0.39, 0.29) is 6.10 Å². The molecule has 0 saturated heterocycles. The molecule has 2 saturated carbocycles. The summed E-state index contributed by atoms with van der Waals surface area (Å²) in [6.45, 7) is 0. The van der Waals surface area contributed by atoms with Crippen LogP contribution in [-0.4, -0.2) is 33.5 Å². The second kappa shape index (κ2) is 3.89. The molecule has 0 aromatic carbocycles. The maximum atomic E-state index is 9.69. The molecule has 0 amide bonds. The van der Waals surface area contributed by atoms with Gasteiger partial charge in [-0.3, -0.25) is 0 Å². The Morgan fingerprint density at radius 3 is 2.56 bits per heavy atom. The molecule has 86 valence electrons. The summed E-state index contributed by atoms with van der Waals surface area (Å²) in [6.07, 6.45) is 7.54. The summed E-state index contributed by atoms with van der Waals surface area (Å²) in [5.41, 5.74) is 0. The van der Waals surface area contributed by atoms with E-state index in [2.05, 4.69) is 15.3 Å². The molecule has 1 aromatic heterocycles. The third-order valence-electron chi connectivity index (χ3n) is 3.58. The van der Waals surface area contributed by atoms with Gasteiger partial charge in [-0.15, -0.1) is 11.8 Å². The number of anilines is 1. The molecule has 16 heavy (non-hydrogen) atoms. The van der Waals surface area contributed by atoms with Crippen LogP contribution in [0.25, 0.3) is 0 Å². The van der Waals surface area contributed by atoms with Gasteiger partial charge in [0.15, 0.2) is 0 Å². The Hall–Kier alpha value is -0.810. The van der Waals surface area contributed by atoms with Crippen molar-refractivity contribution in [2.45, 2.75) is 29.9 Å². The zero-order valence-electron chi connectivity index (χ0n) is 9.13. The first-order chi connectivity index (χ1) is 7.78. The molecule has 4 nitrogen and oxygen atoms in total. The van der Waals surface area contributed by atoms with Gasteiger partial charge in [0, 0.05) is 23.3 Å². The third kappa shape index (κ3) is 1.78. The van der Waals surface area contributed by atoms with Crippen LogP contribution in [-0.2, 0) is 0 Å². The fraction of sp³-hybridized carbons (Fsp3) is 0.636. The lowest BCUT2D eigenvalue weighted by Gasteiger charge is -2.14. The molecule has 1 unspecified atom stereocenters. The predicted molar refractivity (Wildman–Crippen MR) is 63.4 cm³/mol. The Balaban J connectivity index is 1.65. The van der Waals surface area contributed by atoms with Crippen molar-refractivity contribution in [2.75, 3.05) is 11.6 Å². The molecule has 2 N–H and O–H groups in total. The molecule has 2 aliphatic carbocycles. The van der Waals surface area contributed by atoms with E-state index in [9.17, 15) is 5.11 Å². The average molecular weight is 237 g/mol. The van der Waals surface area contributed by atoms with Crippen molar-refractivity contribution in [3.05, 3.63) is 12.4 Å². The number of rotatable bonds is 3. The van der Waals surface area contributed by atoms with Crippen molar-refractivity contribution < 1.29 is 5.11 Å². The molecule has 1 heterocycles. The molecular weight excluding hydrogens is 222 g/mol. The number of nitrogens with one attached hydrogen (secondary N) is 1. The summed E-state index contributed by atoms with van der Waals surface area (Å²) in [5.74, 6) is 1.85. The Morgan fingerprint density at radius 2 is 2.06 bits per heavy atom. The SMILES string of the molecule is CSc1cnc(N[C@@H]2C[C@H](O)[C@H]3CC23)nc1. The first-order valence-corrected chi connectivity index (χ1v) is 6.81. The maximum absolute atomic E-state index is 9.69. The van der Waals surface area contributed by atoms with E-state index in [1.54, 1.807) is 11.8 Å². The number of hydrogen-bond acceptors (Lipinski definition) is 5. The van der Waals surface area contributed by atoms with Gasteiger partial charge in [-0.05, 0) is 30.9 Å². The highest BCUT2D eigenvalue weighted by molar-refractivity contribution is 7.98. The van der Waals surface area contributed by atoms with Crippen molar-refractivity contribution in [3.63, 3.8) is 0 Å². The molecule has 0 bridgehead atoms. The third-order valence-corrected chi connectivity index (χ3v) is 4.26. The predicted octanol–water partition coefficient (Wildman–Crippen LogP) is 1.38. The fourth-order valence-corrected chi connectivity index (χ4v) is 2.89. The van der Waals surface area contributed by atoms with Crippen molar-refractivity contribution >= 4 is 17.7 Å². The van der Waals surface area contributed by atoms with Gasteiger partial charge < -0.3 is 10.4 Å². The van der Waals surface area contributed by atoms with Crippen LogP contribution in [0, 0.1) is 11.8 Å². The standard InChI is InChI=1S/C11H15N3OS/c1-16-6-4-12-11(13-5-6)14-9-3-10(15)8-2-7(8)9/h4-5,7-10,15H,2-3H2,1H3,(H,12,13,14)/t7?,8-,9+,10-/m0/s1. The Kier molecular flexibility index (Phi) is 2.52. The molecule has 0 radical (unpaired) electrons. The number of nitrogens with zero attached hydrogens (tertiary/aromatic N) is 2. The number of aliphatic hydroxyl groups is 1. The van der Waals surface area contributed by atoms with Crippen molar-refractivity contribution in [3.8, 4) is 0 Å². The quantitative estimate of drug-likeness (QED) is 0.778. The first-order valence-electron chi connectivity index (χ1n) is 5.58. The lowest BCUT2D eigenvalue weighted by molar-refractivity contribution is 0.158. The van der Waals surface area contributed by atoms with Gasteiger partial charge in [0.05, 0.1) is 6.10 Å². The zero-order valence-corrected chi connectivity index (χ0v) is 9.94. The molecule has 1 aromatic rings. The topological polar surface area (TPSA) is 58.0 Å². The van der Waals surface area contributed by atoms with Gasteiger partial charge >= 0.3 is 0 Å². The van der Waals surface area contributed by atoms with Crippen molar-refractivity contribution in [1.29, 1.82) is 0 Å². The Bertz CT molecular complexity index is 383. The molecule has 2 fully saturated rings. The summed E-state index contributed by atoms with van der Waals surface area (Å²) in [7, 11) is 0. The second-order valence-electron chi connectivity index (χ2n) is 4.56. The lowest BCUT2D eigenvalue weighted by Crippen LogP contribution is -2.22. The van der Waals surface area contributed by atoms with E-state index in [0.29, 0.717) is 23.8 Å². The van der Waals surface area contributed by atoms with Crippen molar-refractivity contribution in [2.24, 2.45) is 11.8 Å². The van der Waals surface area contributed by atoms with E-state index >= 15 is 0 Å². The minimum absolute atomic E-state index is 0.118. The molecule has 0 aliphatic heterocycles. The van der Waals surface area contributed by atoms with Crippen LogP contribution in [0.3, 0.4) is 0 Å². The van der Waals surface area contributed by atoms with Gasteiger partial charge in [-0.25, -0.2) is 9.97 Å². The Labute approximate surface area is 98.9 Å². The van der Waals surface area contributed by atoms with Crippen LogP contribution in [0.1, 0.15) is 12.8 Å². The number of thioether (sulfide) groups is 1. The summed E-state index contributed by atoms with van der Waals surface area (Å²) in [6, 6.07) is 0.361. The van der Waals surface area contributed by atoms with Crippen LogP contribution in [0.2, 0.25) is 0 Å². The zero-order chi connectivity index (χ0) is 11.1. The highest BCUT2D eigenvalue weighted by Crippen LogP contribution is 2.52. The van der Waals surface area contributed by atoms with Crippen LogP contribution in [0.15, 0.2) is 17.3 Å². The first kappa shape index (κ1) is 10.4. The van der Waals surface area contributed by atoms with Crippen LogP contribution >= 0.6 is 11.8 Å². The lowest BCUT2D eigenvalue weighted by atomic mass is 10.1. The highest BCUT2D eigenvalue weighted by Gasteiger charge is 2.53. The van der Waals surface area contributed by atoms with E-state index in [1.165, 1.54) is 0 Å². The monoisotopic (exact) mass is 237 g/mol. The smallest absolute Gasteiger partial charge is 0.222 e. The van der Waals surface area contributed by atoms with Crippen LogP contribution in [0.5, 0.6) is 0 Å². The van der Waals surface area contributed by atoms with Crippen LogP contribution in [0.4, 0.5) is 5.95 Å². The van der Waals surface area contributed by atoms with E-state index < -0.39 is 0 Å². The minimum Gasteiger partial charge on any atom is -0.393 e. The molecule has 5 heteroatoms. The average Bonchev–Trinajstić information content (AvgIpc) is 3.04. The van der Waals surface area contributed by atoms with E-state index in [1.807, 2.05) is 18.6 Å². The largest absolute Gasteiger partial charge is 0.393 e. The summed E-state index contributed by atoms with van der Waals surface area (Å²) >= 11 is 1.64. The summed E-state index contributed by atoms with van der Waals surface area (Å²) in [5, 5.41) is 13.0. The number of fused-ring (bicyclic) bond motifs is 1.